The summed E-state index contributed by atoms with van der Waals surface area (Å²) in [7, 11) is 0. The predicted octanol–water partition coefficient (Wildman–Crippen LogP) is 3.21. The number of nitrogens with two attached hydrogens (primary N) is 1. The molecule has 1 aliphatic rings. The zero-order valence-corrected chi connectivity index (χ0v) is 11.9. The average Bonchev–Trinajstić information content (AvgIpc) is 3.31. The summed E-state index contributed by atoms with van der Waals surface area (Å²) in [5.41, 5.74) is 5.30. The summed E-state index contributed by atoms with van der Waals surface area (Å²) in [6, 6.07) is 4.14. The van der Waals surface area contributed by atoms with Crippen LogP contribution < -0.4 is 11.1 Å². The molecule has 8 heteroatoms. The maximum atomic E-state index is 12.5. The summed E-state index contributed by atoms with van der Waals surface area (Å²) < 4.78 is 37.5. The standard InChI is InChI=1S/C15H13F3N4O/c16-15(17,18)9-3-5-10(6-4-9)21-14(23)11-7-20-13(8-1-2-8)22-12(11)19/h3-8H,1-2H2,(H,21,23)(H2,19,20,22). The molecule has 5 nitrogen and oxygen atoms in total. The minimum absolute atomic E-state index is 0.0614. The van der Waals surface area contributed by atoms with Crippen molar-refractivity contribution in [2.75, 3.05) is 11.1 Å². The predicted molar refractivity (Wildman–Crippen MR) is 77.8 cm³/mol. The molecule has 1 amide bonds. The van der Waals surface area contributed by atoms with E-state index in [0.717, 1.165) is 25.0 Å². The summed E-state index contributed by atoms with van der Waals surface area (Å²) >= 11 is 0. The van der Waals surface area contributed by atoms with E-state index < -0.39 is 17.6 Å². The van der Waals surface area contributed by atoms with Gasteiger partial charge in [0.2, 0.25) is 0 Å². The molecular weight excluding hydrogens is 309 g/mol. The van der Waals surface area contributed by atoms with E-state index in [1.807, 2.05) is 0 Å². The highest BCUT2D eigenvalue weighted by Crippen LogP contribution is 2.38. The molecule has 0 aliphatic heterocycles. The van der Waals surface area contributed by atoms with Crippen molar-refractivity contribution in [3.05, 3.63) is 47.4 Å². The van der Waals surface area contributed by atoms with Crippen LogP contribution in [0, 0.1) is 0 Å². The zero-order valence-electron chi connectivity index (χ0n) is 11.9. The van der Waals surface area contributed by atoms with Crippen molar-refractivity contribution in [2.24, 2.45) is 0 Å². The Balaban J connectivity index is 1.73. The van der Waals surface area contributed by atoms with Crippen molar-refractivity contribution in [1.82, 2.24) is 9.97 Å². The number of rotatable bonds is 3. The van der Waals surface area contributed by atoms with E-state index in [2.05, 4.69) is 15.3 Å². The normalized spacial score (nSPS) is 14.6. The molecule has 0 unspecified atom stereocenters. The third-order valence-corrected chi connectivity index (χ3v) is 3.49. The van der Waals surface area contributed by atoms with Crippen molar-refractivity contribution in [1.29, 1.82) is 0 Å². The lowest BCUT2D eigenvalue weighted by Crippen LogP contribution is -2.16. The molecule has 1 fully saturated rings. The van der Waals surface area contributed by atoms with Gasteiger partial charge in [-0.2, -0.15) is 13.2 Å². The first-order chi connectivity index (χ1) is 10.8. The lowest BCUT2D eigenvalue weighted by atomic mass is 10.2. The van der Waals surface area contributed by atoms with Gasteiger partial charge < -0.3 is 11.1 Å². The number of hydrogen-bond acceptors (Lipinski definition) is 4. The van der Waals surface area contributed by atoms with E-state index >= 15 is 0 Å². The molecule has 0 atom stereocenters. The Hall–Kier alpha value is -2.64. The molecule has 120 valence electrons. The molecule has 1 aromatic carbocycles. The molecule has 3 rings (SSSR count). The van der Waals surface area contributed by atoms with Gasteiger partial charge in [0.1, 0.15) is 17.2 Å². The number of nitrogen functional groups attached to an aromatic ring is 1. The van der Waals surface area contributed by atoms with Crippen LogP contribution in [-0.2, 0) is 6.18 Å². The first kappa shape index (κ1) is 15.3. The number of nitrogens with one attached hydrogen (secondary N) is 1. The number of halogens is 3. The van der Waals surface area contributed by atoms with Crippen LogP contribution in [0.2, 0.25) is 0 Å². The molecule has 0 radical (unpaired) electrons. The van der Waals surface area contributed by atoms with Gasteiger partial charge in [0.05, 0.1) is 5.56 Å². The fraction of sp³-hybridized carbons (Fsp3) is 0.267. The number of hydrogen-bond donors (Lipinski definition) is 2. The molecule has 1 aromatic heterocycles. The zero-order chi connectivity index (χ0) is 16.6. The molecule has 2 aromatic rings. The highest BCUT2D eigenvalue weighted by Gasteiger charge is 2.30. The first-order valence-electron chi connectivity index (χ1n) is 6.95. The van der Waals surface area contributed by atoms with Crippen LogP contribution in [0.25, 0.3) is 0 Å². The summed E-state index contributed by atoms with van der Waals surface area (Å²) in [6.45, 7) is 0. The third-order valence-electron chi connectivity index (χ3n) is 3.49. The van der Waals surface area contributed by atoms with E-state index in [4.69, 9.17) is 5.73 Å². The van der Waals surface area contributed by atoms with Gasteiger partial charge in [-0.05, 0) is 37.1 Å². The number of anilines is 2. The largest absolute Gasteiger partial charge is 0.416 e. The van der Waals surface area contributed by atoms with Crippen LogP contribution in [-0.4, -0.2) is 15.9 Å². The minimum Gasteiger partial charge on any atom is -0.383 e. The molecule has 23 heavy (non-hydrogen) atoms. The van der Waals surface area contributed by atoms with E-state index in [1.54, 1.807) is 0 Å². The van der Waals surface area contributed by atoms with Crippen LogP contribution in [0.5, 0.6) is 0 Å². The van der Waals surface area contributed by atoms with Crippen molar-refractivity contribution in [3.8, 4) is 0 Å². The van der Waals surface area contributed by atoms with Crippen molar-refractivity contribution >= 4 is 17.4 Å². The van der Waals surface area contributed by atoms with Crippen LogP contribution in [0.15, 0.2) is 30.5 Å². The van der Waals surface area contributed by atoms with Gasteiger partial charge in [0.15, 0.2) is 0 Å². The van der Waals surface area contributed by atoms with Crippen LogP contribution in [0.4, 0.5) is 24.7 Å². The van der Waals surface area contributed by atoms with Crippen LogP contribution in [0.1, 0.15) is 40.5 Å². The van der Waals surface area contributed by atoms with E-state index in [1.165, 1.54) is 18.3 Å². The molecule has 0 spiro atoms. The summed E-state index contributed by atoms with van der Waals surface area (Å²) in [5, 5.41) is 2.48. The van der Waals surface area contributed by atoms with Gasteiger partial charge in [-0.3, -0.25) is 4.79 Å². The van der Waals surface area contributed by atoms with Gasteiger partial charge in [-0.25, -0.2) is 9.97 Å². The Morgan fingerprint density at radius 3 is 2.39 bits per heavy atom. The van der Waals surface area contributed by atoms with Crippen molar-refractivity contribution < 1.29 is 18.0 Å². The summed E-state index contributed by atoms with van der Waals surface area (Å²) in [5.74, 6) is 0.425. The number of alkyl halides is 3. The lowest BCUT2D eigenvalue weighted by molar-refractivity contribution is -0.137. The highest BCUT2D eigenvalue weighted by atomic mass is 19.4. The second-order valence-corrected chi connectivity index (χ2v) is 5.33. The Labute approximate surface area is 129 Å². The van der Waals surface area contributed by atoms with Crippen molar-refractivity contribution in [3.63, 3.8) is 0 Å². The number of carbonyl (C=O) groups is 1. The smallest absolute Gasteiger partial charge is 0.383 e. The molecule has 3 N–H and O–H groups in total. The molecular formula is C15H13F3N4O. The minimum atomic E-state index is -4.42. The fourth-order valence-electron chi connectivity index (χ4n) is 2.06. The van der Waals surface area contributed by atoms with E-state index in [0.29, 0.717) is 11.7 Å². The van der Waals surface area contributed by atoms with Gasteiger partial charge in [0.25, 0.3) is 5.91 Å². The van der Waals surface area contributed by atoms with Gasteiger partial charge in [-0.1, -0.05) is 0 Å². The van der Waals surface area contributed by atoms with Crippen molar-refractivity contribution in [2.45, 2.75) is 24.9 Å². The number of benzene rings is 1. The SMILES string of the molecule is Nc1nc(C2CC2)ncc1C(=O)Nc1ccc(C(F)(F)F)cc1. The maximum absolute atomic E-state index is 12.5. The van der Waals surface area contributed by atoms with Gasteiger partial charge in [0, 0.05) is 17.8 Å². The topological polar surface area (TPSA) is 80.9 Å². The van der Waals surface area contributed by atoms with Gasteiger partial charge >= 0.3 is 6.18 Å². The molecule has 1 aliphatic carbocycles. The van der Waals surface area contributed by atoms with E-state index in [-0.39, 0.29) is 17.1 Å². The van der Waals surface area contributed by atoms with E-state index in [9.17, 15) is 18.0 Å². The number of nitrogens with zero attached hydrogens (tertiary/aromatic N) is 2. The molecule has 0 saturated heterocycles. The van der Waals surface area contributed by atoms with Crippen LogP contribution >= 0.6 is 0 Å². The number of amides is 1. The summed E-state index contributed by atoms with van der Waals surface area (Å²) in [6.07, 6.45) is -1.05. The fourth-order valence-corrected chi connectivity index (χ4v) is 2.06. The Bertz CT molecular complexity index is 739. The number of aromatic nitrogens is 2. The second kappa shape index (κ2) is 5.53. The lowest BCUT2D eigenvalue weighted by Gasteiger charge is -2.10. The monoisotopic (exact) mass is 322 g/mol. The van der Waals surface area contributed by atoms with Crippen LogP contribution in [0.3, 0.4) is 0 Å². The Morgan fingerprint density at radius 1 is 1.22 bits per heavy atom. The molecule has 0 bridgehead atoms. The summed E-state index contributed by atoms with van der Waals surface area (Å²) in [4.78, 5) is 20.3. The Morgan fingerprint density at radius 2 is 1.87 bits per heavy atom. The Kier molecular flexibility index (Phi) is 3.67. The number of carbonyl (C=O) groups excluding carboxylic acids is 1. The maximum Gasteiger partial charge on any atom is 0.416 e. The first-order valence-corrected chi connectivity index (χ1v) is 6.95. The second-order valence-electron chi connectivity index (χ2n) is 5.33. The molecule has 1 saturated carbocycles. The molecule has 1 heterocycles. The van der Waals surface area contributed by atoms with Gasteiger partial charge in [-0.15, -0.1) is 0 Å². The average molecular weight is 322 g/mol. The quantitative estimate of drug-likeness (QED) is 0.909. The third kappa shape index (κ3) is 3.41. The highest BCUT2D eigenvalue weighted by molar-refractivity contribution is 6.06.